The van der Waals surface area contributed by atoms with Gasteiger partial charge in [-0.15, -0.1) is 0 Å². The maximum Gasteiger partial charge on any atom is 0.323 e. The van der Waals surface area contributed by atoms with Gasteiger partial charge < -0.3 is 10.4 Å². The van der Waals surface area contributed by atoms with Gasteiger partial charge >= 0.3 is 5.97 Å². The average Bonchev–Trinajstić information content (AvgIpc) is 2.35. The van der Waals surface area contributed by atoms with Crippen LogP contribution in [-0.2, 0) is 14.8 Å². The smallest absolute Gasteiger partial charge is 0.323 e. The molecule has 1 saturated heterocycles. The van der Waals surface area contributed by atoms with Crippen LogP contribution in [0.1, 0.15) is 33.1 Å². The van der Waals surface area contributed by atoms with Crippen LogP contribution in [0.4, 0.5) is 0 Å². The highest BCUT2D eigenvalue weighted by molar-refractivity contribution is 7.88. The van der Waals surface area contributed by atoms with E-state index in [0.29, 0.717) is 26.1 Å². The minimum absolute atomic E-state index is 0.175. The molecule has 7 heteroatoms. The minimum atomic E-state index is -3.15. The van der Waals surface area contributed by atoms with Crippen molar-refractivity contribution in [3.8, 4) is 0 Å². The maximum atomic E-state index is 11.5. The van der Waals surface area contributed by atoms with Gasteiger partial charge in [0.1, 0.15) is 5.54 Å². The van der Waals surface area contributed by atoms with Crippen LogP contribution >= 0.6 is 0 Å². The lowest BCUT2D eigenvalue weighted by Crippen LogP contribution is -2.52. The van der Waals surface area contributed by atoms with E-state index in [1.165, 1.54) is 10.6 Å². The Balaban J connectivity index is 2.56. The molecule has 0 bridgehead atoms. The standard InChI is InChI=1S/C12H24N2O4S/c1-4-12(2,11(15)16)13-8-10-6-5-7-14(9-10)19(3,17)18/h10,13H,4-9H2,1-3H3,(H,15,16). The third kappa shape index (κ3) is 4.43. The lowest BCUT2D eigenvalue weighted by molar-refractivity contribution is -0.144. The summed E-state index contributed by atoms with van der Waals surface area (Å²) in [6.45, 7) is 5.06. The number of carboxylic acids is 1. The number of hydrogen-bond donors (Lipinski definition) is 2. The largest absolute Gasteiger partial charge is 0.480 e. The van der Waals surface area contributed by atoms with Crippen LogP contribution in [0.3, 0.4) is 0 Å². The van der Waals surface area contributed by atoms with Gasteiger partial charge in [-0.1, -0.05) is 6.92 Å². The molecule has 0 amide bonds. The molecule has 0 aromatic carbocycles. The third-order valence-corrected chi connectivity index (χ3v) is 5.18. The van der Waals surface area contributed by atoms with Gasteiger partial charge in [0.25, 0.3) is 0 Å². The van der Waals surface area contributed by atoms with Crippen molar-refractivity contribution in [3.05, 3.63) is 0 Å². The molecule has 1 rings (SSSR count). The van der Waals surface area contributed by atoms with E-state index in [1.54, 1.807) is 6.92 Å². The molecule has 0 spiro atoms. The van der Waals surface area contributed by atoms with Gasteiger partial charge in [0.2, 0.25) is 10.0 Å². The van der Waals surface area contributed by atoms with Gasteiger partial charge in [-0.05, 0) is 32.1 Å². The maximum absolute atomic E-state index is 11.5. The fraction of sp³-hybridized carbons (Fsp3) is 0.917. The SMILES string of the molecule is CCC(C)(NCC1CCCN(S(C)(=O)=O)C1)C(=O)O. The van der Waals surface area contributed by atoms with Crippen LogP contribution in [0.15, 0.2) is 0 Å². The number of hydrogen-bond acceptors (Lipinski definition) is 4. The van der Waals surface area contributed by atoms with E-state index in [9.17, 15) is 18.3 Å². The number of nitrogens with zero attached hydrogens (tertiary/aromatic N) is 1. The summed E-state index contributed by atoms with van der Waals surface area (Å²) in [6.07, 6.45) is 3.47. The zero-order valence-corrected chi connectivity index (χ0v) is 12.7. The molecule has 2 unspecified atom stereocenters. The number of piperidine rings is 1. The second kappa shape index (κ2) is 6.19. The lowest BCUT2D eigenvalue weighted by Gasteiger charge is -2.33. The molecule has 2 N–H and O–H groups in total. The quantitative estimate of drug-likeness (QED) is 0.744. The summed E-state index contributed by atoms with van der Waals surface area (Å²) in [6, 6.07) is 0. The van der Waals surface area contributed by atoms with E-state index in [1.807, 2.05) is 6.92 Å². The second-order valence-corrected chi connectivity index (χ2v) is 7.48. The average molecular weight is 292 g/mol. The summed E-state index contributed by atoms with van der Waals surface area (Å²) in [5.41, 5.74) is -0.937. The lowest BCUT2D eigenvalue weighted by atomic mass is 9.95. The first-order valence-corrected chi connectivity index (χ1v) is 8.47. The predicted octanol–water partition coefficient (Wildman–Crippen LogP) is 0.501. The Labute approximate surface area is 115 Å². The number of aliphatic carboxylic acids is 1. The Bertz CT molecular complexity index is 423. The van der Waals surface area contributed by atoms with Crippen molar-refractivity contribution in [1.82, 2.24) is 9.62 Å². The summed E-state index contributed by atoms with van der Waals surface area (Å²) < 4.78 is 24.5. The Morgan fingerprint density at radius 3 is 2.63 bits per heavy atom. The van der Waals surface area contributed by atoms with E-state index in [2.05, 4.69) is 5.32 Å². The molecule has 0 radical (unpaired) electrons. The van der Waals surface area contributed by atoms with E-state index < -0.39 is 21.5 Å². The van der Waals surface area contributed by atoms with Gasteiger partial charge in [0.15, 0.2) is 0 Å². The Hall–Kier alpha value is -0.660. The molecule has 19 heavy (non-hydrogen) atoms. The van der Waals surface area contributed by atoms with Crippen molar-refractivity contribution in [2.75, 3.05) is 25.9 Å². The summed E-state index contributed by atoms with van der Waals surface area (Å²) >= 11 is 0. The highest BCUT2D eigenvalue weighted by atomic mass is 32.2. The molecule has 0 saturated carbocycles. The second-order valence-electron chi connectivity index (χ2n) is 5.50. The highest BCUT2D eigenvalue weighted by Gasteiger charge is 2.32. The highest BCUT2D eigenvalue weighted by Crippen LogP contribution is 2.19. The van der Waals surface area contributed by atoms with Crippen LogP contribution in [0, 0.1) is 5.92 Å². The van der Waals surface area contributed by atoms with E-state index in [0.717, 1.165) is 12.8 Å². The Morgan fingerprint density at radius 2 is 2.16 bits per heavy atom. The van der Waals surface area contributed by atoms with Gasteiger partial charge in [-0.25, -0.2) is 12.7 Å². The first-order valence-electron chi connectivity index (χ1n) is 6.62. The predicted molar refractivity (Wildman–Crippen MR) is 73.5 cm³/mol. The summed E-state index contributed by atoms with van der Waals surface area (Å²) in [5.74, 6) is -0.695. The number of carbonyl (C=O) groups is 1. The van der Waals surface area contributed by atoms with Crippen molar-refractivity contribution in [3.63, 3.8) is 0 Å². The summed E-state index contributed by atoms with van der Waals surface area (Å²) in [4.78, 5) is 11.2. The zero-order valence-electron chi connectivity index (χ0n) is 11.8. The Morgan fingerprint density at radius 1 is 1.53 bits per heavy atom. The number of nitrogens with one attached hydrogen (secondary N) is 1. The monoisotopic (exact) mass is 292 g/mol. The number of sulfonamides is 1. The van der Waals surface area contributed by atoms with Crippen molar-refractivity contribution >= 4 is 16.0 Å². The molecule has 2 atom stereocenters. The molecular formula is C12H24N2O4S. The minimum Gasteiger partial charge on any atom is -0.480 e. The van der Waals surface area contributed by atoms with E-state index in [-0.39, 0.29) is 5.92 Å². The van der Waals surface area contributed by atoms with Crippen molar-refractivity contribution in [1.29, 1.82) is 0 Å². The summed E-state index contributed by atoms with van der Waals surface area (Å²) in [7, 11) is -3.15. The van der Waals surface area contributed by atoms with Gasteiger partial charge in [-0.2, -0.15) is 0 Å². The van der Waals surface area contributed by atoms with Crippen molar-refractivity contribution in [2.45, 2.75) is 38.6 Å². The fourth-order valence-corrected chi connectivity index (χ4v) is 3.16. The zero-order chi connectivity index (χ0) is 14.7. The van der Waals surface area contributed by atoms with Crippen LogP contribution in [0.25, 0.3) is 0 Å². The van der Waals surface area contributed by atoms with Crippen LogP contribution < -0.4 is 5.32 Å². The third-order valence-electron chi connectivity index (χ3n) is 3.91. The normalized spacial score (nSPS) is 24.9. The summed E-state index contributed by atoms with van der Waals surface area (Å²) in [5, 5.41) is 12.2. The van der Waals surface area contributed by atoms with Crippen molar-refractivity contribution in [2.24, 2.45) is 5.92 Å². The van der Waals surface area contributed by atoms with Crippen molar-refractivity contribution < 1.29 is 18.3 Å². The molecule has 1 aliphatic heterocycles. The molecule has 6 nitrogen and oxygen atoms in total. The van der Waals surface area contributed by atoms with Crippen LogP contribution in [0.5, 0.6) is 0 Å². The van der Waals surface area contributed by atoms with Gasteiger partial charge in [0.05, 0.1) is 6.26 Å². The fourth-order valence-electron chi connectivity index (χ4n) is 2.22. The first-order chi connectivity index (χ1) is 8.69. The first kappa shape index (κ1) is 16.4. The topological polar surface area (TPSA) is 86.7 Å². The molecule has 112 valence electrons. The van der Waals surface area contributed by atoms with Crippen LogP contribution in [0.2, 0.25) is 0 Å². The molecule has 1 aliphatic rings. The van der Waals surface area contributed by atoms with Crippen LogP contribution in [-0.4, -0.2) is 55.2 Å². The van der Waals surface area contributed by atoms with Gasteiger partial charge in [0, 0.05) is 19.6 Å². The number of rotatable bonds is 6. The van der Waals surface area contributed by atoms with E-state index >= 15 is 0 Å². The van der Waals surface area contributed by atoms with E-state index in [4.69, 9.17) is 0 Å². The molecule has 0 aromatic rings. The molecule has 1 heterocycles. The van der Waals surface area contributed by atoms with Gasteiger partial charge in [-0.3, -0.25) is 4.79 Å². The molecule has 0 aromatic heterocycles. The molecule has 0 aliphatic carbocycles. The molecule has 1 fully saturated rings. The Kier molecular flexibility index (Phi) is 5.34. The molecular weight excluding hydrogens is 268 g/mol. The number of carboxylic acid groups (broad SMARTS) is 1.